The lowest BCUT2D eigenvalue weighted by atomic mass is 10.1. The number of rotatable bonds is 15. The monoisotopic (exact) mass is 291 g/mol. The summed E-state index contributed by atoms with van der Waals surface area (Å²) in [7, 11) is 2.16. The van der Waals surface area contributed by atoms with Crippen molar-refractivity contribution in [3.05, 3.63) is 0 Å². The Morgan fingerprint density at radius 1 is 0.611 bits per heavy atom. The van der Waals surface area contributed by atoms with Crippen LogP contribution in [0.4, 0.5) is 0 Å². The SMILES string of the molecule is CCCCCCCCCCP[PH2+]CCCCCC. The topological polar surface area (TPSA) is 0 Å². The molecule has 0 aliphatic rings. The van der Waals surface area contributed by atoms with Crippen molar-refractivity contribution in [2.45, 2.75) is 90.9 Å². The van der Waals surface area contributed by atoms with E-state index in [0.717, 1.165) is 8.27 Å². The fourth-order valence-electron chi connectivity index (χ4n) is 2.24. The highest BCUT2D eigenvalue weighted by atomic mass is 32.0. The molecule has 0 saturated heterocycles. The first kappa shape index (κ1) is 18.9. The minimum absolute atomic E-state index is 0.822. The molecule has 0 aromatic rings. The van der Waals surface area contributed by atoms with Crippen molar-refractivity contribution in [2.24, 2.45) is 0 Å². The molecule has 0 saturated carbocycles. The Labute approximate surface area is 120 Å². The van der Waals surface area contributed by atoms with Gasteiger partial charge in [-0.05, 0) is 25.4 Å². The third-order valence-corrected chi connectivity index (χ3v) is 7.75. The van der Waals surface area contributed by atoms with Crippen LogP contribution in [0.3, 0.4) is 0 Å². The van der Waals surface area contributed by atoms with Crippen molar-refractivity contribution in [1.29, 1.82) is 0 Å². The van der Waals surface area contributed by atoms with Crippen molar-refractivity contribution in [2.75, 3.05) is 12.3 Å². The second-order valence-electron chi connectivity index (χ2n) is 5.48. The average Bonchev–Trinajstić information content (AvgIpc) is 2.39. The lowest BCUT2D eigenvalue weighted by Crippen LogP contribution is -1.81. The molecular formula is C16H37P2+. The van der Waals surface area contributed by atoms with Gasteiger partial charge >= 0.3 is 0 Å². The smallest absolute Gasteiger partial charge is 0.0569 e. The third-order valence-electron chi connectivity index (χ3n) is 3.52. The molecule has 2 atom stereocenters. The summed E-state index contributed by atoms with van der Waals surface area (Å²) in [4.78, 5) is 0. The zero-order valence-electron chi connectivity index (χ0n) is 13.0. The molecule has 0 aromatic carbocycles. The average molecular weight is 291 g/mol. The predicted molar refractivity (Wildman–Crippen MR) is 94.5 cm³/mol. The Kier molecular flexibility index (Phi) is 18.7. The normalized spacial score (nSPS) is 12.3. The molecule has 0 aliphatic heterocycles. The van der Waals surface area contributed by atoms with Gasteiger partial charge in [-0.25, -0.2) is 0 Å². The fraction of sp³-hybridized carbons (Fsp3) is 1.00. The van der Waals surface area contributed by atoms with Crippen molar-refractivity contribution in [3.8, 4) is 0 Å². The standard InChI is InChI=1S/C16H36P2/c1-3-5-7-9-10-11-12-14-16-18-17-15-13-8-6-4-2/h17-18H,3-16H2,1-2H3/p+1. The minimum atomic E-state index is 0.822. The van der Waals surface area contributed by atoms with Gasteiger partial charge in [-0.15, -0.1) is 0 Å². The van der Waals surface area contributed by atoms with Crippen LogP contribution in [0.1, 0.15) is 90.9 Å². The van der Waals surface area contributed by atoms with Gasteiger partial charge in [0.2, 0.25) is 0 Å². The molecule has 0 heterocycles. The van der Waals surface area contributed by atoms with E-state index in [0.29, 0.717) is 0 Å². The number of hydrogen-bond donors (Lipinski definition) is 0. The largest absolute Gasteiger partial charge is 0.0654 e. The van der Waals surface area contributed by atoms with Crippen LogP contribution in [-0.4, -0.2) is 12.3 Å². The minimum Gasteiger partial charge on any atom is -0.0654 e. The van der Waals surface area contributed by atoms with Gasteiger partial charge in [0.25, 0.3) is 0 Å². The molecule has 0 amide bonds. The predicted octanol–water partition coefficient (Wildman–Crippen LogP) is 6.71. The van der Waals surface area contributed by atoms with E-state index in [1.807, 2.05) is 0 Å². The molecule has 0 aliphatic carbocycles. The van der Waals surface area contributed by atoms with Crippen LogP contribution in [0, 0.1) is 0 Å². The molecule has 110 valence electrons. The van der Waals surface area contributed by atoms with Crippen molar-refractivity contribution >= 4 is 16.5 Å². The van der Waals surface area contributed by atoms with Gasteiger partial charge in [0.05, 0.1) is 6.16 Å². The fourth-order valence-corrected chi connectivity index (χ4v) is 6.04. The highest BCUT2D eigenvalue weighted by molar-refractivity contribution is 8.11. The molecule has 0 N–H and O–H groups in total. The van der Waals surface area contributed by atoms with Gasteiger partial charge in [0.15, 0.2) is 0 Å². The maximum absolute atomic E-state index is 2.30. The van der Waals surface area contributed by atoms with E-state index in [1.165, 1.54) is 85.3 Å². The Balaban J connectivity index is 2.86. The first-order valence-corrected chi connectivity index (χ1v) is 12.3. The lowest BCUT2D eigenvalue weighted by Gasteiger charge is -2.00. The van der Waals surface area contributed by atoms with Crippen LogP contribution in [-0.2, 0) is 0 Å². The number of unbranched alkanes of at least 4 members (excludes halogenated alkanes) is 10. The van der Waals surface area contributed by atoms with Gasteiger partial charge in [0, 0.05) is 16.5 Å². The number of hydrogen-bond acceptors (Lipinski definition) is 0. The molecule has 2 unspecified atom stereocenters. The lowest BCUT2D eigenvalue weighted by molar-refractivity contribution is 0.586. The maximum Gasteiger partial charge on any atom is 0.0569 e. The van der Waals surface area contributed by atoms with Crippen LogP contribution in [0.25, 0.3) is 0 Å². The van der Waals surface area contributed by atoms with E-state index >= 15 is 0 Å². The summed E-state index contributed by atoms with van der Waals surface area (Å²) >= 11 is 0. The molecule has 0 nitrogen and oxygen atoms in total. The Bertz CT molecular complexity index is 121. The molecule has 2 heteroatoms. The van der Waals surface area contributed by atoms with Crippen molar-refractivity contribution < 1.29 is 0 Å². The summed E-state index contributed by atoms with van der Waals surface area (Å²) in [6, 6.07) is 0. The molecule has 0 rings (SSSR count). The Morgan fingerprint density at radius 3 is 1.72 bits per heavy atom. The Morgan fingerprint density at radius 2 is 1.11 bits per heavy atom. The van der Waals surface area contributed by atoms with E-state index in [2.05, 4.69) is 13.8 Å². The summed E-state index contributed by atoms with van der Waals surface area (Å²) in [5.74, 6) is 0. The van der Waals surface area contributed by atoms with E-state index in [-0.39, 0.29) is 0 Å². The molecule has 0 radical (unpaired) electrons. The summed E-state index contributed by atoms with van der Waals surface area (Å²) < 4.78 is 0. The van der Waals surface area contributed by atoms with Crippen LogP contribution in [0.15, 0.2) is 0 Å². The maximum atomic E-state index is 2.30. The van der Waals surface area contributed by atoms with Crippen LogP contribution in [0.2, 0.25) is 0 Å². The highest BCUT2D eigenvalue weighted by Crippen LogP contribution is 2.38. The van der Waals surface area contributed by atoms with Gasteiger partial charge in [-0.3, -0.25) is 0 Å². The van der Waals surface area contributed by atoms with Crippen LogP contribution in [0.5, 0.6) is 0 Å². The molecule has 0 bridgehead atoms. The molecule has 0 spiro atoms. The molecule has 18 heavy (non-hydrogen) atoms. The van der Waals surface area contributed by atoms with Gasteiger partial charge < -0.3 is 0 Å². The molecule has 0 aromatic heterocycles. The van der Waals surface area contributed by atoms with Gasteiger partial charge in [-0.1, -0.05) is 71.6 Å². The zero-order chi connectivity index (χ0) is 13.3. The van der Waals surface area contributed by atoms with Crippen LogP contribution < -0.4 is 0 Å². The summed E-state index contributed by atoms with van der Waals surface area (Å²) in [5, 5.41) is 0. The van der Waals surface area contributed by atoms with E-state index in [1.54, 1.807) is 12.3 Å². The van der Waals surface area contributed by atoms with Crippen LogP contribution >= 0.6 is 16.5 Å². The second-order valence-corrected chi connectivity index (χ2v) is 9.83. The highest BCUT2D eigenvalue weighted by Gasteiger charge is 1.97. The first-order chi connectivity index (χ1) is 8.91. The summed E-state index contributed by atoms with van der Waals surface area (Å²) in [6.45, 7) is 4.60. The summed E-state index contributed by atoms with van der Waals surface area (Å²) in [5.41, 5.74) is 0. The summed E-state index contributed by atoms with van der Waals surface area (Å²) in [6.07, 6.45) is 20.8. The quantitative estimate of drug-likeness (QED) is 0.232. The Hall–Kier alpha value is 0.860. The van der Waals surface area contributed by atoms with Gasteiger partial charge in [-0.2, -0.15) is 0 Å². The van der Waals surface area contributed by atoms with Gasteiger partial charge in [0.1, 0.15) is 0 Å². The first-order valence-electron chi connectivity index (χ1n) is 8.46. The molecule has 0 fully saturated rings. The van der Waals surface area contributed by atoms with E-state index < -0.39 is 0 Å². The second kappa shape index (κ2) is 17.9. The molecular weight excluding hydrogens is 254 g/mol. The van der Waals surface area contributed by atoms with E-state index in [4.69, 9.17) is 0 Å². The third kappa shape index (κ3) is 16.9. The van der Waals surface area contributed by atoms with Crippen molar-refractivity contribution in [1.82, 2.24) is 0 Å². The van der Waals surface area contributed by atoms with E-state index in [9.17, 15) is 0 Å². The van der Waals surface area contributed by atoms with Crippen molar-refractivity contribution in [3.63, 3.8) is 0 Å². The zero-order valence-corrected chi connectivity index (χ0v) is 15.1.